The SMILES string of the molecule is Cc1ccccc1-c1n(-c2c(C3CCCCC3)ncnc2C2CCCCC2)c2ccccc2[n+]1C.Cc1ccccc1-c1n(-c2cncnc2)c2ccccc2[n+]1C.[2H]C(C)(C)c1nc(C([2H])(C)C)c(-n2c(-c3ccccc3C)[n+](C)c3ccccc32)c(C([2H])(C)C)n1.[2H]C(C)(C)c1ncnc(C([2H])(C)C)c1-n1c(-c2ccccc2C)[n+](C)c2ccccc21.[2H]C(C)(C)c1ncncc1-n1c(-c2ccccc2C)[n+](C)c2ccccc21. The molecule has 0 bridgehead atoms. The van der Waals surface area contributed by atoms with Crippen LogP contribution in [-0.4, -0.2) is 72.7 Å². The summed E-state index contributed by atoms with van der Waals surface area (Å²) in [6, 6.07) is 84.0. The first kappa shape index (κ1) is 92.4. The molecule has 2 aliphatic carbocycles. The standard InChI is InChI=1S/C31H37N4.C28H35N4.C25H29N4.C22H23N4.C19H17N4/c1-22-13-9-10-18-25(22)31-34(2)26-19-11-12-20-27(26)35(31)30-28(23-14-5-3-6-15-23)32-21-33-29(30)24-16-7-4-8-17-24;1-17(2)24-26(25(18(3)4)30-27(29-24)19(5)6)32-23-16-12-11-15-22(23)31(8)28(32)21-14-10-9-13-20(21)7;1-16(2)22-24(23(17(3)4)27-15-26-22)29-21-14-10-9-13-20(21)28(6)25(29)19-12-8-7-11-18(19)5;1-15(2)21-20(13-23-14-24-21)26-19-12-8-7-11-18(19)25(4)22(26)17-10-6-5-9-16(17)3;1-14-7-3-4-8-16(14)19-22(2)17-9-5-6-10-18(17)23(19)15-11-20-13-21-12-15/h9-13,18-21,23-24H,3-8,14-17H2,1-2H3;9-19H,1-8H3;7-17H,1-6H3;5-15H,1-4H3;3-13H,1-2H3/q5*+1/i;17D,18D,19D;16D,17D;15D;. The summed E-state index contributed by atoms with van der Waals surface area (Å²) in [5, 5.41) is 0. The molecule has 0 unspecified atom stereocenters. The lowest BCUT2D eigenvalue weighted by atomic mass is 9.82. The molecule has 0 saturated heterocycles. The Hall–Kier alpha value is -15.1. The first-order chi connectivity index (χ1) is 72.0. The summed E-state index contributed by atoms with van der Waals surface area (Å²) in [7, 11) is 10.5. The molecule has 2 fully saturated rings. The third kappa shape index (κ3) is 19.6. The number of aromatic nitrogens is 20. The van der Waals surface area contributed by atoms with Crippen molar-refractivity contribution in [3.63, 3.8) is 0 Å². The number of imidazole rings is 5. The lowest BCUT2D eigenvalue weighted by Crippen LogP contribution is -2.31. The zero-order chi connectivity index (χ0) is 107. The molecule has 10 heterocycles. The zero-order valence-corrected chi connectivity index (χ0v) is 88.3. The second kappa shape index (κ2) is 43.6. The fourth-order valence-electron chi connectivity index (χ4n) is 21.6. The Morgan fingerprint density at radius 1 is 0.262 bits per heavy atom. The van der Waals surface area contributed by atoms with Crippen molar-refractivity contribution in [1.29, 1.82) is 0 Å². The van der Waals surface area contributed by atoms with Crippen LogP contribution < -0.4 is 22.8 Å². The second-order valence-electron chi connectivity index (χ2n) is 40.1. The van der Waals surface area contributed by atoms with Gasteiger partial charge in [0.2, 0.25) is 0 Å². The number of para-hydroxylation sites is 10. The molecule has 10 aromatic carbocycles. The third-order valence-corrected chi connectivity index (χ3v) is 28.8. The molecule has 0 atom stereocenters. The number of hydrogen-bond acceptors (Lipinski definition) is 10. The van der Waals surface area contributed by atoms with Crippen LogP contribution in [0, 0.1) is 34.6 Å². The Labute approximate surface area is 863 Å². The monoisotopic (exact) mass is 1930 g/mol. The number of rotatable bonds is 18. The Morgan fingerprint density at radius 2 is 0.524 bits per heavy atom. The molecule has 736 valence electrons. The Bertz CT molecular complexity index is 8320. The molecule has 0 amide bonds. The number of benzene rings is 10. The summed E-state index contributed by atoms with van der Waals surface area (Å²) in [5.41, 5.74) is 32.7. The minimum atomic E-state index is -1.09. The number of nitrogens with zero attached hydrogens (tertiary/aromatic N) is 20. The van der Waals surface area contributed by atoms with Crippen molar-refractivity contribution in [2.24, 2.45) is 35.2 Å². The van der Waals surface area contributed by atoms with E-state index in [0.717, 1.165) is 107 Å². The molecule has 0 N–H and O–H groups in total. The highest BCUT2D eigenvalue weighted by atomic mass is 15.2. The third-order valence-electron chi connectivity index (χ3n) is 28.8. The van der Waals surface area contributed by atoms with Gasteiger partial charge in [0, 0.05) is 26.0 Å². The molecule has 20 aromatic rings. The number of fused-ring (bicyclic) bond motifs is 5. The molecule has 2 aliphatic rings. The van der Waals surface area contributed by atoms with Gasteiger partial charge in [0.05, 0.1) is 122 Å². The number of aryl methyl sites for hydroxylation is 10. The van der Waals surface area contributed by atoms with Crippen molar-refractivity contribution in [2.45, 2.75) is 229 Å². The summed E-state index contributed by atoms with van der Waals surface area (Å²) >= 11 is 0. The molecule has 145 heavy (non-hydrogen) atoms. The minimum Gasteiger partial charge on any atom is -0.240 e. The van der Waals surface area contributed by atoms with E-state index in [2.05, 4.69) is 320 Å². The van der Waals surface area contributed by atoms with E-state index < -0.39 is 35.4 Å². The maximum Gasteiger partial charge on any atom is 0.295 e. The largest absolute Gasteiger partial charge is 0.295 e. The van der Waals surface area contributed by atoms with Gasteiger partial charge in [-0.2, -0.15) is 22.8 Å². The Balaban J connectivity index is 0.000000124. The molecule has 0 radical (unpaired) electrons. The van der Waals surface area contributed by atoms with Crippen molar-refractivity contribution in [3.8, 4) is 85.4 Å². The van der Waals surface area contributed by atoms with E-state index in [1.807, 2.05) is 134 Å². The molecular weight excluding hydrogens is 1780 g/mol. The normalized spacial score (nSPS) is 14.1. The Morgan fingerprint density at radius 3 is 0.848 bits per heavy atom. The highest BCUT2D eigenvalue weighted by molar-refractivity contribution is 5.86. The zero-order valence-electron chi connectivity index (χ0n) is 94.3. The van der Waals surface area contributed by atoms with Crippen LogP contribution in [-0.2, 0) is 35.2 Å². The summed E-state index contributed by atoms with van der Waals surface area (Å²) in [6.07, 6.45) is 24.8. The second-order valence-corrected chi connectivity index (χ2v) is 40.1. The maximum absolute atomic E-state index is 9.06. The quantitative estimate of drug-likeness (QED) is 0.0752. The molecule has 0 spiro atoms. The highest BCUT2D eigenvalue weighted by Crippen LogP contribution is 2.46. The van der Waals surface area contributed by atoms with Gasteiger partial charge >= 0.3 is 0 Å². The molecule has 2 saturated carbocycles. The average molecular weight is 1930 g/mol. The number of hydrogen-bond donors (Lipinski definition) is 0. The fourth-order valence-corrected chi connectivity index (χ4v) is 21.6. The topological polar surface area (TPSA) is 173 Å². The summed E-state index contributed by atoms with van der Waals surface area (Å²) in [5.74, 6) is 0.637. The lowest BCUT2D eigenvalue weighted by Gasteiger charge is -2.26. The summed E-state index contributed by atoms with van der Waals surface area (Å²) in [4.78, 5) is 46.1. The van der Waals surface area contributed by atoms with Crippen LogP contribution in [0.1, 0.15) is 276 Å². The van der Waals surface area contributed by atoms with Crippen LogP contribution in [0.2, 0.25) is 0 Å². The minimum absolute atomic E-state index is 0.324. The van der Waals surface area contributed by atoms with Gasteiger partial charge in [0.1, 0.15) is 31.1 Å². The fraction of sp³-hybridized carbons (Fsp3) is 0.320. The highest BCUT2D eigenvalue weighted by Gasteiger charge is 2.40. The van der Waals surface area contributed by atoms with Crippen molar-refractivity contribution >= 4 is 55.2 Å². The van der Waals surface area contributed by atoms with E-state index in [0.29, 0.717) is 51.8 Å². The maximum atomic E-state index is 9.06. The smallest absolute Gasteiger partial charge is 0.240 e. The van der Waals surface area contributed by atoms with Crippen LogP contribution >= 0.6 is 0 Å². The average Bonchev–Trinajstić information content (AvgIpc) is 1.67. The van der Waals surface area contributed by atoms with Crippen LogP contribution in [0.15, 0.2) is 287 Å². The van der Waals surface area contributed by atoms with E-state index in [-0.39, 0.29) is 0 Å². The van der Waals surface area contributed by atoms with Crippen LogP contribution in [0.3, 0.4) is 0 Å². The molecular formula is C125H141N20+5. The molecule has 20 nitrogen and oxygen atoms in total. The van der Waals surface area contributed by atoms with Gasteiger partial charge in [-0.3, -0.25) is 0 Å². The van der Waals surface area contributed by atoms with Crippen molar-refractivity contribution in [2.75, 3.05) is 0 Å². The van der Waals surface area contributed by atoms with E-state index in [1.54, 1.807) is 47.9 Å². The van der Waals surface area contributed by atoms with E-state index >= 15 is 0 Å². The predicted molar refractivity (Wildman–Crippen MR) is 587 cm³/mol. The summed E-state index contributed by atoms with van der Waals surface area (Å²) in [6.45, 7) is 32.4. The van der Waals surface area contributed by atoms with Crippen LogP contribution in [0.4, 0.5) is 0 Å². The first-order valence-electron chi connectivity index (χ1n) is 54.0. The summed E-state index contributed by atoms with van der Waals surface area (Å²) < 4.78 is 75.3. The first-order valence-corrected chi connectivity index (χ1v) is 51.0. The van der Waals surface area contributed by atoms with Gasteiger partial charge in [-0.25, -0.2) is 72.7 Å². The molecule has 22 rings (SSSR count). The van der Waals surface area contributed by atoms with Gasteiger partial charge in [-0.15, -0.1) is 0 Å². The lowest BCUT2D eigenvalue weighted by molar-refractivity contribution is -0.634. The van der Waals surface area contributed by atoms with Crippen molar-refractivity contribution < 1.29 is 31.1 Å². The predicted octanol–water partition coefficient (Wildman–Crippen LogP) is 26.9. The van der Waals surface area contributed by atoms with Crippen LogP contribution in [0.5, 0.6) is 0 Å². The Kier molecular flexibility index (Phi) is 27.8. The van der Waals surface area contributed by atoms with E-state index in [9.17, 15) is 0 Å². The van der Waals surface area contributed by atoms with Gasteiger partial charge in [0.25, 0.3) is 29.1 Å². The van der Waals surface area contributed by atoms with Gasteiger partial charge < -0.3 is 0 Å². The van der Waals surface area contributed by atoms with Gasteiger partial charge in [-0.05, 0) is 209 Å². The molecule has 0 aliphatic heterocycles. The van der Waals surface area contributed by atoms with Gasteiger partial charge in [0.15, 0.2) is 83.6 Å². The van der Waals surface area contributed by atoms with E-state index in [4.69, 9.17) is 28.2 Å². The van der Waals surface area contributed by atoms with Gasteiger partial charge in [-0.1, -0.05) is 273 Å². The molecule has 10 aromatic heterocycles. The van der Waals surface area contributed by atoms with Crippen LogP contribution in [0.25, 0.3) is 141 Å². The molecule has 20 heteroatoms. The van der Waals surface area contributed by atoms with Crippen molar-refractivity contribution in [3.05, 3.63) is 360 Å². The van der Waals surface area contributed by atoms with Crippen molar-refractivity contribution in [1.82, 2.24) is 72.7 Å². The van der Waals surface area contributed by atoms with E-state index in [1.165, 1.54) is 144 Å².